The van der Waals surface area contributed by atoms with Crippen LogP contribution in [0.25, 0.3) is 0 Å². The molecule has 2 aromatic rings. The first-order valence-corrected chi connectivity index (χ1v) is 8.25. The van der Waals surface area contributed by atoms with Gasteiger partial charge in [0.2, 0.25) is 5.88 Å². The molecular weight excluding hydrogens is 363 g/mol. The van der Waals surface area contributed by atoms with Crippen molar-refractivity contribution in [3.05, 3.63) is 49.7 Å². The molecule has 8 heteroatoms. The molecule has 0 unspecified atom stereocenters. The van der Waals surface area contributed by atoms with E-state index in [1.54, 1.807) is 18.2 Å². The highest BCUT2D eigenvalue weighted by molar-refractivity contribution is 6.38. The van der Waals surface area contributed by atoms with Crippen LogP contribution in [0.5, 0.6) is 5.88 Å². The number of benzene rings is 1. The molecule has 6 nitrogen and oxygen atoms in total. The first-order chi connectivity index (χ1) is 11.8. The van der Waals surface area contributed by atoms with Gasteiger partial charge in [-0.15, -0.1) is 10.2 Å². The summed E-state index contributed by atoms with van der Waals surface area (Å²) in [6.07, 6.45) is 0. The van der Waals surface area contributed by atoms with E-state index < -0.39 is 5.56 Å². The Hall–Kier alpha value is -2.36. The minimum atomic E-state index is -0.533. The summed E-state index contributed by atoms with van der Waals surface area (Å²) >= 11 is 12.1. The van der Waals surface area contributed by atoms with Crippen molar-refractivity contribution in [3.8, 4) is 11.9 Å². The predicted molar refractivity (Wildman–Crippen MR) is 97.3 cm³/mol. The van der Waals surface area contributed by atoms with Crippen molar-refractivity contribution in [1.29, 1.82) is 5.26 Å². The highest BCUT2D eigenvalue weighted by Gasteiger charge is 2.19. The third-order valence-electron chi connectivity index (χ3n) is 3.50. The average molecular weight is 379 g/mol. The van der Waals surface area contributed by atoms with Crippen molar-refractivity contribution >= 4 is 34.6 Å². The zero-order valence-electron chi connectivity index (χ0n) is 13.9. The van der Waals surface area contributed by atoms with Crippen LogP contribution in [0, 0.1) is 24.2 Å². The SMILES string of the molecule is Cc1c(C#N)c(O)n(CC(C)C)c(=O)c1N=Nc1c(Cl)cccc1Cl. The lowest BCUT2D eigenvalue weighted by molar-refractivity contribution is 0.381. The van der Waals surface area contributed by atoms with Crippen molar-refractivity contribution in [3.63, 3.8) is 0 Å². The van der Waals surface area contributed by atoms with Crippen LogP contribution in [0.2, 0.25) is 10.0 Å². The molecule has 25 heavy (non-hydrogen) atoms. The number of azo groups is 1. The van der Waals surface area contributed by atoms with Gasteiger partial charge in [-0.2, -0.15) is 5.26 Å². The van der Waals surface area contributed by atoms with E-state index >= 15 is 0 Å². The van der Waals surface area contributed by atoms with Gasteiger partial charge in [-0.25, -0.2) is 0 Å². The predicted octanol–water partition coefficient (Wildman–Crippen LogP) is 5.11. The number of halogens is 2. The number of hydrogen-bond acceptors (Lipinski definition) is 5. The Morgan fingerprint density at radius 3 is 2.32 bits per heavy atom. The van der Waals surface area contributed by atoms with E-state index in [1.165, 1.54) is 6.92 Å². The average Bonchev–Trinajstić information content (AvgIpc) is 2.54. The van der Waals surface area contributed by atoms with Gasteiger partial charge < -0.3 is 5.11 Å². The topological polar surface area (TPSA) is 90.7 Å². The summed E-state index contributed by atoms with van der Waals surface area (Å²) in [5.41, 5.74) is -0.108. The van der Waals surface area contributed by atoms with E-state index in [-0.39, 0.29) is 50.9 Å². The second-order valence-corrected chi connectivity index (χ2v) is 6.68. The van der Waals surface area contributed by atoms with E-state index in [0.717, 1.165) is 4.57 Å². The Morgan fingerprint density at radius 2 is 1.80 bits per heavy atom. The van der Waals surface area contributed by atoms with E-state index in [1.807, 2.05) is 19.9 Å². The highest BCUT2D eigenvalue weighted by Crippen LogP contribution is 2.34. The molecule has 0 bridgehead atoms. The summed E-state index contributed by atoms with van der Waals surface area (Å²) in [6.45, 7) is 5.56. The molecule has 0 saturated carbocycles. The molecule has 1 aromatic heterocycles. The van der Waals surface area contributed by atoms with Crippen LogP contribution in [0.1, 0.15) is 25.0 Å². The Kier molecular flexibility index (Phi) is 5.83. The van der Waals surface area contributed by atoms with Crippen LogP contribution in [0.15, 0.2) is 33.2 Å². The number of nitrogens with zero attached hydrogens (tertiary/aromatic N) is 4. The lowest BCUT2D eigenvalue weighted by atomic mass is 10.1. The summed E-state index contributed by atoms with van der Waals surface area (Å²) in [6, 6.07) is 6.77. The van der Waals surface area contributed by atoms with Crippen molar-refractivity contribution in [2.24, 2.45) is 16.1 Å². The Bertz CT molecular complexity index is 923. The van der Waals surface area contributed by atoms with Crippen LogP contribution in [-0.4, -0.2) is 9.67 Å². The van der Waals surface area contributed by atoms with Gasteiger partial charge in [0, 0.05) is 12.1 Å². The molecule has 1 aromatic carbocycles. The number of hydrogen-bond donors (Lipinski definition) is 1. The van der Waals surface area contributed by atoms with Crippen LogP contribution in [-0.2, 0) is 6.54 Å². The third kappa shape index (κ3) is 3.84. The maximum Gasteiger partial charge on any atom is 0.281 e. The van der Waals surface area contributed by atoms with Gasteiger partial charge in [0.15, 0.2) is 5.69 Å². The second kappa shape index (κ2) is 7.68. The normalized spacial score (nSPS) is 11.2. The van der Waals surface area contributed by atoms with E-state index in [9.17, 15) is 15.2 Å². The van der Waals surface area contributed by atoms with Crippen LogP contribution in [0.3, 0.4) is 0 Å². The maximum absolute atomic E-state index is 12.7. The molecule has 1 N–H and O–H groups in total. The van der Waals surface area contributed by atoms with Gasteiger partial charge in [0.1, 0.15) is 17.3 Å². The number of nitriles is 1. The fourth-order valence-electron chi connectivity index (χ4n) is 2.28. The van der Waals surface area contributed by atoms with Crippen molar-refractivity contribution in [1.82, 2.24) is 4.57 Å². The second-order valence-electron chi connectivity index (χ2n) is 5.86. The first-order valence-electron chi connectivity index (χ1n) is 7.50. The van der Waals surface area contributed by atoms with Gasteiger partial charge in [0.05, 0.1) is 10.0 Å². The van der Waals surface area contributed by atoms with Crippen molar-refractivity contribution in [2.75, 3.05) is 0 Å². The fourth-order valence-corrected chi connectivity index (χ4v) is 2.75. The monoisotopic (exact) mass is 378 g/mol. The van der Waals surface area contributed by atoms with Gasteiger partial charge >= 0.3 is 0 Å². The molecule has 0 saturated heterocycles. The molecule has 0 aliphatic heterocycles. The molecule has 0 fully saturated rings. The Labute approximate surface area is 155 Å². The quantitative estimate of drug-likeness (QED) is 0.748. The molecule has 0 radical (unpaired) electrons. The van der Waals surface area contributed by atoms with Crippen LogP contribution in [0.4, 0.5) is 11.4 Å². The number of aromatic nitrogens is 1. The molecule has 1 heterocycles. The van der Waals surface area contributed by atoms with E-state index in [2.05, 4.69) is 10.2 Å². The number of pyridine rings is 1. The Morgan fingerprint density at radius 1 is 1.24 bits per heavy atom. The lowest BCUT2D eigenvalue weighted by Crippen LogP contribution is -2.24. The van der Waals surface area contributed by atoms with Gasteiger partial charge in [-0.1, -0.05) is 43.1 Å². The van der Waals surface area contributed by atoms with E-state index in [4.69, 9.17) is 23.2 Å². The third-order valence-corrected chi connectivity index (χ3v) is 4.11. The standard InChI is InChI=1S/C17H16Cl2N4O2/c1-9(2)8-23-16(24)11(7-20)10(3)14(17(23)25)21-22-15-12(18)5-4-6-13(15)19/h4-6,9,24H,8H2,1-3H3. The fraction of sp³-hybridized carbons (Fsp3) is 0.294. The highest BCUT2D eigenvalue weighted by atomic mass is 35.5. The first kappa shape index (κ1) is 19.0. The summed E-state index contributed by atoms with van der Waals surface area (Å²) in [4.78, 5) is 12.7. The Balaban J connectivity index is 2.67. The summed E-state index contributed by atoms with van der Waals surface area (Å²) in [5, 5.41) is 28.1. The molecule has 0 aliphatic carbocycles. The maximum atomic E-state index is 12.7. The summed E-state index contributed by atoms with van der Waals surface area (Å²) in [7, 11) is 0. The zero-order chi connectivity index (χ0) is 18.7. The summed E-state index contributed by atoms with van der Waals surface area (Å²) < 4.78 is 1.12. The van der Waals surface area contributed by atoms with Gasteiger partial charge in [-0.05, 0) is 25.0 Å². The summed E-state index contributed by atoms with van der Waals surface area (Å²) in [5.74, 6) is -0.283. The minimum absolute atomic E-state index is 0.0144. The van der Waals surface area contributed by atoms with E-state index in [0.29, 0.717) is 0 Å². The molecule has 0 spiro atoms. The van der Waals surface area contributed by atoms with Crippen molar-refractivity contribution < 1.29 is 5.11 Å². The van der Waals surface area contributed by atoms with Crippen LogP contribution < -0.4 is 5.56 Å². The minimum Gasteiger partial charge on any atom is -0.493 e. The molecule has 2 rings (SSSR count). The smallest absolute Gasteiger partial charge is 0.281 e. The lowest BCUT2D eigenvalue weighted by Gasteiger charge is -2.14. The van der Waals surface area contributed by atoms with Crippen molar-refractivity contribution in [2.45, 2.75) is 27.3 Å². The van der Waals surface area contributed by atoms with Gasteiger partial charge in [0.25, 0.3) is 5.56 Å². The largest absolute Gasteiger partial charge is 0.493 e. The number of aromatic hydroxyl groups is 1. The molecule has 0 amide bonds. The van der Waals surface area contributed by atoms with Gasteiger partial charge in [-0.3, -0.25) is 9.36 Å². The molecular formula is C17H16Cl2N4O2. The number of rotatable bonds is 4. The zero-order valence-corrected chi connectivity index (χ0v) is 15.4. The molecule has 0 aliphatic rings. The molecule has 0 atom stereocenters. The molecule has 130 valence electrons. The van der Waals surface area contributed by atoms with Crippen LogP contribution >= 0.6 is 23.2 Å².